The fraction of sp³-hybridized carbons (Fsp3) is 0.750. The number of hydrogen-bond acceptors (Lipinski definition) is 2. The molecule has 1 saturated carbocycles. The lowest BCUT2D eigenvalue weighted by molar-refractivity contribution is -0.136. The molecule has 3 unspecified atom stereocenters. The lowest BCUT2D eigenvalue weighted by atomic mass is 9.73. The number of halogens is 1. The van der Waals surface area contributed by atoms with E-state index in [1.807, 2.05) is 0 Å². The van der Waals surface area contributed by atoms with Crippen LogP contribution >= 0.6 is 11.6 Å². The molecule has 15 heavy (non-hydrogen) atoms. The predicted molar refractivity (Wildman–Crippen MR) is 59.9 cm³/mol. The van der Waals surface area contributed by atoms with Gasteiger partial charge in [0.05, 0.1) is 0 Å². The number of carbonyl (C=O) groups is 1. The van der Waals surface area contributed by atoms with Gasteiger partial charge < -0.3 is 5.11 Å². The molecule has 1 fully saturated rings. The molecule has 3 heteroatoms. The monoisotopic (exact) mass is 228 g/mol. The normalized spacial score (nSPS) is 41.9. The summed E-state index contributed by atoms with van der Waals surface area (Å²) < 4.78 is 0. The van der Waals surface area contributed by atoms with Crippen molar-refractivity contribution >= 4 is 17.4 Å². The summed E-state index contributed by atoms with van der Waals surface area (Å²) in [6, 6.07) is 0. The molecule has 0 heterocycles. The Kier molecular flexibility index (Phi) is 3.47. The van der Waals surface area contributed by atoms with Crippen LogP contribution in [0.2, 0.25) is 0 Å². The van der Waals surface area contributed by atoms with E-state index >= 15 is 0 Å². The number of ketones is 1. The molecule has 84 valence electrons. The third-order valence-corrected chi connectivity index (χ3v) is 4.11. The smallest absolute Gasteiger partial charge is 0.164 e. The van der Waals surface area contributed by atoms with E-state index in [0.29, 0.717) is 6.42 Å². The molecular formula is C12H17ClO2. The van der Waals surface area contributed by atoms with Gasteiger partial charge in [0.25, 0.3) is 0 Å². The lowest BCUT2D eigenvalue weighted by Gasteiger charge is -2.34. The van der Waals surface area contributed by atoms with Gasteiger partial charge in [-0.15, -0.1) is 11.6 Å². The van der Waals surface area contributed by atoms with Crippen molar-refractivity contribution in [2.75, 3.05) is 0 Å². The fourth-order valence-electron chi connectivity index (χ4n) is 2.71. The second-order valence-corrected chi connectivity index (χ2v) is 5.14. The van der Waals surface area contributed by atoms with Crippen molar-refractivity contribution in [3.8, 4) is 0 Å². The minimum absolute atomic E-state index is 0.0128. The Morgan fingerprint density at radius 3 is 2.73 bits per heavy atom. The average molecular weight is 229 g/mol. The standard InChI is InChI=1S/C12H17ClO2/c13-10-6-2-1-4-8(10)9-5-3-7-11(14)12(9)15/h1-2,8-11,14H,3-7H2/t8?,9?,10?,11-/m0/s1. The fourth-order valence-corrected chi connectivity index (χ4v) is 3.09. The van der Waals surface area contributed by atoms with Crippen LogP contribution < -0.4 is 0 Å². The molecule has 0 radical (unpaired) electrons. The number of Topliss-reactive ketones (excluding diaryl/α,β-unsaturated/α-hetero) is 1. The van der Waals surface area contributed by atoms with Crippen LogP contribution in [-0.4, -0.2) is 22.4 Å². The van der Waals surface area contributed by atoms with Crippen LogP contribution in [0.5, 0.6) is 0 Å². The molecule has 4 atom stereocenters. The van der Waals surface area contributed by atoms with E-state index in [1.165, 1.54) is 0 Å². The third-order valence-electron chi connectivity index (χ3n) is 3.60. The minimum atomic E-state index is -0.737. The van der Waals surface area contributed by atoms with Crippen molar-refractivity contribution in [2.24, 2.45) is 11.8 Å². The Morgan fingerprint density at radius 1 is 1.27 bits per heavy atom. The quantitative estimate of drug-likeness (QED) is 0.552. The number of aliphatic hydroxyl groups is 1. The van der Waals surface area contributed by atoms with Crippen LogP contribution in [0.15, 0.2) is 12.2 Å². The van der Waals surface area contributed by atoms with Gasteiger partial charge in [0.1, 0.15) is 6.10 Å². The Balaban J connectivity index is 2.08. The average Bonchev–Trinajstić information content (AvgIpc) is 2.23. The van der Waals surface area contributed by atoms with Crippen molar-refractivity contribution < 1.29 is 9.90 Å². The first-order valence-electron chi connectivity index (χ1n) is 5.71. The van der Waals surface area contributed by atoms with Crippen LogP contribution in [0.25, 0.3) is 0 Å². The molecule has 2 nitrogen and oxygen atoms in total. The maximum atomic E-state index is 11.8. The van der Waals surface area contributed by atoms with Gasteiger partial charge in [0.15, 0.2) is 5.78 Å². The van der Waals surface area contributed by atoms with Gasteiger partial charge in [-0.25, -0.2) is 0 Å². The van der Waals surface area contributed by atoms with Crippen molar-refractivity contribution in [1.29, 1.82) is 0 Å². The maximum absolute atomic E-state index is 11.8. The van der Waals surface area contributed by atoms with Gasteiger partial charge >= 0.3 is 0 Å². The first kappa shape index (κ1) is 11.2. The van der Waals surface area contributed by atoms with Crippen LogP contribution in [0.3, 0.4) is 0 Å². The van der Waals surface area contributed by atoms with Crippen LogP contribution in [-0.2, 0) is 4.79 Å². The summed E-state index contributed by atoms with van der Waals surface area (Å²) in [5, 5.41) is 9.62. The molecule has 0 aromatic rings. The summed E-state index contributed by atoms with van der Waals surface area (Å²) in [4.78, 5) is 11.8. The van der Waals surface area contributed by atoms with Gasteiger partial charge in [-0.2, -0.15) is 0 Å². The van der Waals surface area contributed by atoms with Gasteiger partial charge in [-0.1, -0.05) is 12.2 Å². The van der Waals surface area contributed by atoms with Crippen molar-refractivity contribution in [3.63, 3.8) is 0 Å². The highest BCUT2D eigenvalue weighted by Gasteiger charge is 2.38. The van der Waals surface area contributed by atoms with Gasteiger partial charge in [0.2, 0.25) is 0 Å². The lowest BCUT2D eigenvalue weighted by Crippen LogP contribution is -2.40. The first-order chi connectivity index (χ1) is 7.20. The highest BCUT2D eigenvalue weighted by molar-refractivity contribution is 6.21. The Morgan fingerprint density at radius 2 is 2.00 bits per heavy atom. The van der Waals surface area contributed by atoms with Crippen LogP contribution in [0.1, 0.15) is 32.1 Å². The zero-order chi connectivity index (χ0) is 10.8. The van der Waals surface area contributed by atoms with Gasteiger partial charge in [-0.05, 0) is 38.0 Å². The summed E-state index contributed by atoms with van der Waals surface area (Å²) in [7, 11) is 0. The zero-order valence-corrected chi connectivity index (χ0v) is 9.49. The molecule has 2 aliphatic carbocycles. The van der Waals surface area contributed by atoms with Crippen molar-refractivity contribution in [1.82, 2.24) is 0 Å². The largest absolute Gasteiger partial charge is 0.385 e. The molecule has 0 spiro atoms. The number of rotatable bonds is 1. The van der Waals surface area contributed by atoms with E-state index in [9.17, 15) is 9.90 Å². The number of aliphatic hydroxyl groups excluding tert-OH is 1. The number of allylic oxidation sites excluding steroid dienone is 2. The molecule has 0 aromatic heterocycles. The van der Waals surface area contributed by atoms with E-state index in [1.54, 1.807) is 0 Å². The molecule has 1 N–H and O–H groups in total. The molecule has 0 amide bonds. The molecule has 2 aliphatic rings. The maximum Gasteiger partial charge on any atom is 0.164 e. The highest BCUT2D eigenvalue weighted by Crippen LogP contribution is 2.36. The predicted octanol–water partition coefficient (Wildman–Crippen LogP) is 2.29. The number of alkyl halides is 1. The van der Waals surface area contributed by atoms with Crippen molar-refractivity contribution in [2.45, 2.75) is 43.6 Å². The van der Waals surface area contributed by atoms with Crippen LogP contribution in [0.4, 0.5) is 0 Å². The van der Waals surface area contributed by atoms with E-state index in [2.05, 4.69) is 12.2 Å². The van der Waals surface area contributed by atoms with E-state index in [4.69, 9.17) is 11.6 Å². The van der Waals surface area contributed by atoms with Crippen LogP contribution in [0, 0.1) is 11.8 Å². The summed E-state index contributed by atoms with van der Waals surface area (Å²) in [5.41, 5.74) is 0. The number of hydrogen-bond donors (Lipinski definition) is 1. The van der Waals surface area contributed by atoms with Gasteiger partial charge in [-0.3, -0.25) is 4.79 Å². The summed E-state index contributed by atoms with van der Waals surface area (Å²) in [6.45, 7) is 0. The highest BCUT2D eigenvalue weighted by atomic mass is 35.5. The molecule has 0 aliphatic heterocycles. The summed E-state index contributed by atoms with van der Waals surface area (Å²) in [6.07, 6.45) is 7.67. The summed E-state index contributed by atoms with van der Waals surface area (Å²) >= 11 is 6.24. The molecular weight excluding hydrogens is 212 g/mol. The molecule has 0 bridgehead atoms. The third kappa shape index (κ3) is 2.26. The first-order valence-corrected chi connectivity index (χ1v) is 6.14. The SMILES string of the molecule is O=C1C(C2CC=CCC2Cl)CCC[C@@H]1O. The number of carbonyl (C=O) groups excluding carboxylic acids is 1. The molecule has 2 rings (SSSR count). The Hall–Kier alpha value is -0.340. The summed E-state index contributed by atoms with van der Waals surface area (Å²) in [5.74, 6) is 0.243. The van der Waals surface area contributed by atoms with E-state index < -0.39 is 6.10 Å². The van der Waals surface area contributed by atoms with Crippen molar-refractivity contribution in [3.05, 3.63) is 12.2 Å². The Bertz CT molecular complexity index is 275. The topological polar surface area (TPSA) is 37.3 Å². The Labute approximate surface area is 95.3 Å². The second kappa shape index (κ2) is 4.67. The minimum Gasteiger partial charge on any atom is -0.385 e. The zero-order valence-electron chi connectivity index (χ0n) is 8.73. The second-order valence-electron chi connectivity index (χ2n) is 4.58. The molecule has 0 aromatic carbocycles. The van der Waals surface area contributed by atoms with E-state index in [-0.39, 0.29) is 23.0 Å². The van der Waals surface area contributed by atoms with E-state index in [0.717, 1.165) is 25.7 Å². The molecule has 0 saturated heterocycles. The van der Waals surface area contributed by atoms with Gasteiger partial charge in [0, 0.05) is 11.3 Å².